The number of hydrogen-bond acceptors (Lipinski definition) is 5. The lowest BCUT2D eigenvalue weighted by Crippen LogP contribution is -2.43. The van der Waals surface area contributed by atoms with Crippen LogP contribution in [0.25, 0.3) is 0 Å². The predicted octanol–water partition coefficient (Wildman–Crippen LogP) is 1.22. The van der Waals surface area contributed by atoms with E-state index in [4.69, 9.17) is 16.2 Å². The molecule has 10 heteroatoms. The van der Waals surface area contributed by atoms with Crippen molar-refractivity contribution in [3.63, 3.8) is 0 Å². The van der Waals surface area contributed by atoms with Crippen LogP contribution in [0.2, 0.25) is 0 Å². The monoisotopic (exact) mass is 428 g/mol. The highest BCUT2D eigenvalue weighted by Gasteiger charge is 2.24. The Morgan fingerprint density at radius 1 is 1.17 bits per heavy atom. The molecular formula is C19H32N4O5S. The van der Waals surface area contributed by atoms with Gasteiger partial charge in [0.05, 0.1) is 12.4 Å². The molecule has 0 heterocycles. The Balaban J connectivity index is 2.46. The number of hydrogen-bond donors (Lipinski definition) is 4. The second-order valence-corrected chi connectivity index (χ2v) is 8.62. The maximum Gasteiger partial charge on any atom is 0.322 e. The fourth-order valence-electron chi connectivity index (χ4n) is 2.54. The van der Waals surface area contributed by atoms with E-state index in [2.05, 4.69) is 9.71 Å². The Morgan fingerprint density at radius 2 is 1.86 bits per heavy atom. The van der Waals surface area contributed by atoms with Crippen molar-refractivity contribution in [2.45, 2.75) is 51.5 Å². The van der Waals surface area contributed by atoms with Gasteiger partial charge >= 0.3 is 5.97 Å². The quantitative estimate of drug-likeness (QED) is 0.186. The van der Waals surface area contributed by atoms with Gasteiger partial charge in [0.25, 0.3) is 0 Å². The summed E-state index contributed by atoms with van der Waals surface area (Å²) in [7, 11) is -3.62. The van der Waals surface area contributed by atoms with Gasteiger partial charge in [-0.2, -0.15) is 0 Å². The molecule has 1 aromatic rings. The summed E-state index contributed by atoms with van der Waals surface area (Å²) in [4.78, 5) is 15.3. The summed E-state index contributed by atoms with van der Waals surface area (Å²) in [5, 5.41) is 9.34. The normalized spacial score (nSPS) is 12.3. The van der Waals surface area contributed by atoms with E-state index in [1.165, 1.54) is 0 Å². The molecule has 0 aliphatic carbocycles. The van der Waals surface area contributed by atoms with Gasteiger partial charge in [0, 0.05) is 6.54 Å². The molecule has 0 amide bonds. The number of nitrogens with two attached hydrogens (primary N) is 2. The average molecular weight is 429 g/mol. The largest absolute Gasteiger partial charge is 0.494 e. The van der Waals surface area contributed by atoms with Crippen LogP contribution in [-0.4, -0.2) is 50.4 Å². The lowest BCUT2D eigenvalue weighted by atomic mass is 10.1. The smallest absolute Gasteiger partial charge is 0.322 e. The minimum Gasteiger partial charge on any atom is -0.494 e. The molecule has 0 saturated carbocycles. The van der Waals surface area contributed by atoms with E-state index in [0.29, 0.717) is 30.9 Å². The van der Waals surface area contributed by atoms with Crippen LogP contribution >= 0.6 is 0 Å². The first-order chi connectivity index (χ1) is 13.7. The molecule has 29 heavy (non-hydrogen) atoms. The van der Waals surface area contributed by atoms with E-state index in [9.17, 15) is 18.3 Å². The van der Waals surface area contributed by atoms with Crippen molar-refractivity contribution in [2.24, 2.45) is 16.5 Å². The van der Waals surface area contributed by atoms with Gasteiger partial charge in [-0.15, -0.1) is 0 Å². The van der Waals surface area contributed by atoms with E-state index >= 15 is 0 Å². The third kappa shape index (κ3) is 11.3. The van der Waals surface area contributed by atoms with E-state index in [1.54, 1.807) is 24.3 Å². The van der Waals surface area contributed by atoms with Crippen LogP contribution in [0.5, 0.6) is 5.75 Å². The number of carboxylic acid groups (broad SMARTS) is 1. The maximum atomic E-state index is 12.0. The van der Waals surface area contributed by atoms with Crippen molar-refractivity contribution in [1.29, 1.82) is 0 Å². The van der Waals surface area contributed by atoms with E-state index in [1.807, 2.05) is 6.92 Å². The van der Waals surface area contributed by atoms with Crippen LogP contribution < -0.4 is 20.9 Å². The van der Waals surface area contributed by atoms with Gasteiger partial charge in [-0.1, -0.05) is 25.5 Å². The number of carboxylic acids is 1. The number of benzene rings is 1. The number of nitrogens with one attached hydrogen (secondary N) is 1. The zero-order valence-electron chi connectivity index (χ0n) is 16.8. The van der Waals surface area contributed by atoms with Crippen molar-refractivity contribution in [3.8, 4) is 5.75 Å². The van der Waals surface area contributed by atoms with Gasteiger partial charge in [-0.05, 0) is 49.8 Å². The highest BCUT2D eigenvalue weighted by Crippen LogP contribution is 2.15. The van der Waals surface area contributed by atoms with E-state index in [-0.39, 0.29) is 18.1 Å². The molecule has 1 rings (SSSR count). The fraction of sp³-hybridized carbons (Fsp3) is 0.579. The highest BCUT2D eigenvalue weighted by atomic mass is 32.2. The Kier molecular flexibility index (Phi) is 11.1. The van der Waals surface area contributed by atoms with E-state index < -0.39 is 22.0 Å². The van der Waals surface area contributed by atoms with Crippen LogP contribution in [0.15, 0.2) is 29.3 Å². The third-order valence-corrected chi connectivity index (χ3v) is 5.59. The van der Waals surface area contributed by atoms with Crippen LogP contribution in [0.3, 0.4) is 0 Å². The van der Waals surface area contributed by atoms with E-state index in [0.717, 1.165) is 25.7 Å². The summed E-state index contributed by atoms with van der Waals surface area (Å²) in [5.41, 5.74) is 11.2. The Labute approximate surface area is 172 Å². The fourth-order valence-corrected chi connectivity index (χ4v) is 3.94. The molecule has 0 aliphatic rings. The molecule has 1 atom stereocenters. The van der Waals surface area contributed by atoms with Gasteiger partial charge < -0.3 is 21.3 Å². The molecule has 0 unspecified atom stereocenters. The number of rotatable bonds is 15. The lowest BCUT2D eigenvalue weighted by molar-refractivity contribution is -0.138. The van der Waals surface area contributed by atoms with Crippen LogP contribution in [0, 0.1) is 0 Å². The molecule has 164 valence electrons. The molecule has 0 bridgehead atoms. The number of unbranched alkanes of at least 4 members (excludes halogenated alkanes) is 3. The maximum absolute atomic E-state index is 12.0. The summed E-state index contributed by atoms with van der Waals surface area (Å²) in [6, 6.07) is 5.78. The van der Waals surface area contributed by atoms with Crippen molar-refractivity contribution < 1.29 is 23.1 Å². The summed E-state index contributed by atoms with van der Waals surface area (Å²) in [6.45, 7) is 3.03. The molecule has 0 aliphatic heterocycles. The van der Waals surface area contributed by atoms with Gasteiger partial charge in [0.1, 0.15) is 11.8 Å². The number of aliphatic carboxylic acids is 1. The topological polar surface area (TPSA) is 157 Å². The first-order valence-electron chi connectivity index (χ1n) is 9.73. The summed E-state index contributed by atoms with van der Waals surface area (Å²) >= 11 is 0. The lowest BCUT2D eigenvalue weighted by Gasteiger charge is -2.15. The second kappa shape index (κ2) is 13.0. The van der Waals surface area contributed by atoms with Gasteiger partial charge in [0.2, 0.25) is 10.0 Å². The SMILES string of the molecule is CCCCS(=O)(=O)N[C@@H](Cc1ccc(OCCCCCN=C(N)N)cc1)C(=O)O. The molecule has 9 nitrogen and oxygen atoms in total. The zero-order valence-corrected chi connectivity index (χ0v) is 17.7. The number of ether oxygens (including phenoxy) is 1. The van der Waals surface area contributed by atoms with Crippen LogP contribution in [-0.2, 0) is 21.2 Å². The van der Waals surface area contributed by atoms with Crippen molar-refractivity contribution in [2.75, 3.05) is 18.9 Å². The molecule has 0 saturated heterocycles. The molecular weight excluding hydrogens is 396 g/mol. The zero-order chi connectivity index (χ0) is 21.7. The average Bonchev–Trinajstić information content (AvgIpc) is 2.66. The number of guanidine groups is 1. The minimum absolute atomic E-state index is 0.0613. The molecule has 0 radical (unpaired) electrons. The highest BCUT2D eigenvalue weighted by molar-refractivity contribution is 7.89. The Morgan fingerprint density at radius 3 is 2.45 bits per heavy atom. The standard InChI is InChI=1S/C19H32N4O5S/c1-2-3-13-29(26,27)23-17(18(24)25)14-15-7-9-16(10-8-15)28-12-6-4-5-11-22-19(20)21/h7-10,17,23H,2-6,11-14H2,1H3,(H,24,25)(H4,20,21,22)/t17-/m0/s1. The number of nitrogens with zero attached hydrogens (tertiary/aromatic N) is 1. The minimum atomic E-state index is -3.62. The first-order valence-corrected chi connectivity index (χ1v) is 11.4. The summed E-state index contributed by atoms with van der Waals surface area (Å²) < 4.78 is 31.9. The van der Waals surface area contributed by atoms with Crippen LogP contribution in [0.4, 0.5) is 0 Å². The number of carbonyl (C=O) groups is 1. The molecule has 0 aromatic heterocycles. The first kappa shape index (κ1) is 24.7. The molecule has 0 fully saturated rings. The Bertz CT molecular complexity index is 746. The predicted molar refractivity (Wildman–Crippen MR) is 113 cm³/mol. The summed E-state index contributed by atoms with van der Waals surface area (Å²) in [5.74, 6) is -0.508. The van der Waals surface area contributed by atoms with Crippen molar-refractivity contribution >= 4 is 22.0 Å². The number of aliphatic imine (C=N–C) groups is 1. The van der Waals surface area contributed by atoms with Crippen molar-refractivity contribution in [3.05, 3.63) is 29.8 Å². The van der Waals surface area contributed by atoms with Crippen molar-refractivity contribution in [1.82, 2.24) is 4.72 Å². The molecule has 1 aromatic carbocycles. The van der Waals surface area contributed by atoms with Gasteiger partial charge in [-0.3, -0.25) is 9.79 Å². The molecule has 6 N–H and O–H groups in total. The number of sulfonamides is 1. The molecule has 0 spiro atoms. The van der Waals surface area contributed by atoms with Gasteiger partial charge in [0.15, 0.2) is 5.96 Å². The van der Waals surface area contributed by atoms with Gasteiger partial charge in [-0.25, -0.2) is 13.1 Å². The van der Waals surface area contributed by atoms with Crippen LogP contribution in [0.1, 0.15) is 44.6 Å². The third-order valence-electron chi connectivity index (χ3n) is 4.12. The summed E-state index contributed by atoms with van der Waals surface area (Å²) in [6.07, 6.45) is 3.95. The Hall–Kier alpha value is -2.33. The second-order valence-electron chi connectivity index (χ2n) is 6.74.